The van der Waals surface area contributed by atoms with Gasteiger partial charge >= 0.3 is 12.1 Å². The molecule has 16 heteroatoms. The highest BCUT2D eigenvalue weighted by Gasteiger charge is 2.19. The van der Waals surface area contributed by atoms with Gasteiger partial charge < -0.3 is 22.1 Å². The van der Waals surface area contributed by atoms with E-state index in [1.54, 1.807) is 0 Å². The second-order valence-electron chi connectivity index (χ2n) is 7.92. The van der Waals surface area contributed by atoms with Crippen molar-refractivity contribution in [2.75, 3.05) is 13.1 Å². The number of hydrogen-bond donors (Lipinski definition) is 6. The third-order valence-electron chi connectivity index (χ3n) is 4.99. The first-order valence-electron chi connectivity index (χ1n) is 11.2. The number of benzene rings is 2. The first-order valence-corrected chi connectivity index (χ1v) is 14.2. The number of urea groups is 2. The number of primary amides is 2. The average molecular weight is 569 g/mol. The fourth-order valence-corrected chi connectivity index (χ4v) is 5.02. The molecule has 38 heavy (non-hydrogen) atoms. The Labute approximate surface area is 219 Å². The molecule has 0 saturated carbocycles. The second-order valence-corrected chi connectivity index (χ2v) is 11.3. The van der Waals surface area contributed by atoms with Crippen molar-refractivity contribution in [2.45, 2.75) is 35.5 Å². The zero-order chi connectivity index (χ0) is 28.3. The highest BCUT2D eigenvalue weighted by atomic mass is 32.2. The Balaban J connectivity index is 1.64. The standard InChI is InChI=1S/C22H28N6O8S2/c23-19(29)15-7-5-9-17(13-15)37(33,34)27-21(31)25-11-3-1-2-4-12-26-22(32)28-38(35,36)18-10-6-8-16(14-18)20(24)30/h5-10,13-14H,1-4,11-12H2,(H2,23,29)(H2,24,30)(H2,25,27,31)(H2,26,28,32). The lowest BCUT2D eigenvalue weighted by Gasteiger charge is -2.10. The number of nitrogens with one attached hydrogen (secondary N) is 4. The van der Waals surface area contributed by atoms with Crippen molar-refractivity contribution in [2.24, 2.45) is 11.5 Å². The maximum atomic E-state index is 12.3. The molecule has 0 unspecified atom stereocenters. The van der Waals surface area contributed by atoms with Crippen LogP contribution in [0.1, 0.15) is 46.4 Å². The normalized spacial score (nSPS) is 11.3. The SMILES string of the molecule is NC(=O)c1cccc(S(=O)(=O)NC(=O)NCCCCCCNC(=O)NS(=O)(=O)c2cccc(C(N)=O)c2)c1. The molecular formula is C22H28N6O8S2. The summed E-state index contributed by atoms with van der Waals surface area (Å²) in [4.78, 5) is 45.7. The highest BCUT2D eigenvalue weighted by Crippen LogP contribution is 2.12. The van der Waals surface area contributed by atoms with Gasteiger partial charge in [-0.1, -0.05) is 25.0 Å². The van der Waals surface area contributed by atoms with E-state index in [1.165, 1.54) is 36.4 Å². The Hall–Kier alpha value is -4.18. The summed E-state index contributed by atoms with van der Waals surface area (Å²) in [5.41, 5.74) is 10.2. The monoisotopic (exact) mass is 568 g/mol. The van der Waals surface area contributed by atoms with Crippen LogP contribution in [-0.4, -0.2) is 53.8 Å². The topological polar surface area (TPSA) is 237 Å². The van der Waals surface area contributed by atoms with E-state index in [1.807, 2.05) is 9.44 Å². The smallest absolute Gasteiger partial charge is 0.328 e. The summed E-state index contributed by atoms with van der Waals surface area (Å²) in [5, 5.41) is 4.82. The molecule has 0 aliphatic carbocycles. The molecule has 6 amide bonds. The van der Waals surface area contributed by atoms with Crippen LogP contribution in [-0.2, 0) is 20.0 Å². The summed E-state index contributed by atoms with van der Waals surface area (Å²) < 4.78 is 52.8. The first kappa shape index (κ1) is 30.0. The zero-order valence-electron chi connectivity index (χ0n) is 20.1. The van der Waals surface area contributed by atoms with Gasteiger partial charge in [0.25, 0.3) is 20.0 Å². The lowest BCUT2D eigenvalue weighted by molar-refractivity contribution is 0.0991. The van der Waals surface area contributed by atoms with Gasteiger partial charge in [0.1, 0.15) is 0 Å². The van der Waals surface area contributed by atoms with Crippen LogP contribution in [0.4, 0.5) is 9.59 Å². The van der Waals surface area contributed by atoms with Crippen LogP contribution in [0.3, 0.4) is 0 Å². The van der Waals surface area contributed by atoms with Crippen molar-refractivity contribution in [1.29, 1.82) is 0 Å². The largest absolute Gasteiger partial charge is 0.366 e. The van der Waals surface area contributed by atoms with Gasteiger partial charge in [-0.15, -0.1) is 0 Å². The number of carbonyl (C=O) groups excluding carboxylic acids is 4. The van der Waals surface area contributed by atoms with Gasteiger partial charge in [0.05, 0.1) is 9.79 Å². The van der Waals surface area contributed by atoms with Crippen molar-refractivity contribution in [1.82, 2.24) is 20.1 Å². The number of hydrogen-bond acceptors (Lipinski definition) is 8. The van der Waals surface area contributed by atoms with Gasteiger partial charge in [0.15, 0.2) is 0 Å². The van der Waals surface area contributed by atoms with E-state index in [4.69, 9.17) is 11.5 Å². The Morgan fingerprint density at radius 2 is 0.974 bits per heavy atom. The Kier molecular flexibility index (Phi) is 10.6. The molecule has 2 rings (SSSR count). The van der Waals surface area contributed by atoms with Crippen LogP contribution in [0, 0.1) is 0 Å². The summed E-state index contributed by atoms with van der Waals surface area (Å²) in [6, 6.07) is 8.02. The van der Waals surface area contributed by atoms with Gasteiger partial charge in [-0.3, -0.25) is 9.59 Å². The molecular weight excluding hydrogens is 540 g/mol. The molecule has 206 valence electrons. The number of rotatable bonds is 13. The second kappa shape index (κ2) is 13.4. The predicted molar refractivity (Wildman–Crippen MR) is 136 cm³/mol. The molecule has 0 spiro atoms. The van der Waals surface area contributed by atoms with Crippen LogP contribution in [0.25, 0.3) is 0 Å². The van der Waals surface area contributed by atoms with Crippen LogP contribution < -0.4 is 31.5 Å². The summed E-state index contributed by atoms with van der Waals surface area (Å²) in [7, 11) is -8.39. The lowest BCUT2D eigenvalue weighted by atomic mass is 10.2. The van der Waals surface area contributed by atoms with Crippen LogP contribution in [0.5, 0.6) is 0 Å². The van der Waals surface area contributed by atoms with E-state index in [9.17, 15) is 36.0 Å². The molecule has 0 bridgehead atoms. The van der Waals surface area contributed by atoms with E-state index in [0.29, 0.717) is 25.7 Å². The van der Waals surface area contributed by atoms with E-state index < -0.39 is 43.9 Å². The minimum Gasteiger partial charge on any atom is -0.366 e. The van der Waals surface area contributed by atoms with Crippen molar-refractivity contribution in [3.63, 3.8) is 0 Å². The molecule has 0 aromatic heterocycles. The van der Waals surface area contributed by atoms with Gasteiger partial charge in [0, 0.05) is 24.2 Å². The molecule has 0 aliphatic rings. The molecule has 0 heterocycles. The molecule has 2 aromatic carbocycles. The minimum absolute atomic E-state index is 0.0168. The lowest BCUT2D eigenvalue weighted by Crippen LogP contribution is -2.40. The number of nitrogens with two attached hydrogens (primary N) is 2. The first-order chi connectivity index (χ1) is 17.8. The summed E-state index contributed by atoms with van der Waals surface area (Å²) in [5.74, 6) is -1.61. The maximum Gasteiger partial charge on any atom is 0.328 e. The van der Waals surface area contributed by atoms with E-state index in [0.717, 1.165) is 12.1 Å². The van der Waals surface area contributed by atoms with Gasteiger partial charge in [-0.05, 0) is 49.2 Å². The number of unbranched alkanes of at least 4 members (excludes halogenated alkanes) is 3. The van der Waals surface area contributed by atoms with E-state index in [-0.39, 0.29) is 34.0 Å². The molecule has 8 N–H and O–H groups in total. The van der Waals surface area contributed by atoms with Crippen LogP contribution >= 0.6 is 0 Å². The molecule has 2 aromatic rings. The van der Waals surface area contributed by atoms with Crippen LogP contribution in [0.2, 0.25) is 0 Å². The van der Waals surface area contributed by atoms with Crippen molar-refractivity contribution in [3.05, 3.63) is 59.7 Å². The summed E-state index contributed by atoms with van der Waals surface area (Å²) in [6.45, 7) is 0.360. The predicted octanol–water partition coefficient (Wildman–Crippen LogP) is 0.121. The average Bonchev–Trinajstić information content (AvgIpc) is 2.85. The third-order valence-corrected chi connectivity index (χ3v) is 7.64. The highest BCUT2D eigenvalue weighted by molar-refractivity contribution is 7.90. The molecule has 0 saturated heterocycles. The molecule has 0 radical (unpaired) electrons. The Morgan fingerprint density at radius 3 is 1.32 bits per heavy atom. The molecule has 14 nitrogen and oxygen atoms in total. The van der Waals surface area contributed by atoms with E-state index >= 15 is 0 Å². The fraction of sp³-hybridized carbons (Fsp3) is 0.273. The third kappa shape index (κ3) is 9.36. The maximum absolute atomic E-state index is 12.3. The van der Waals surface area contributed by atoms with Crippen molar-refractivity contribution < 1.29 is 36.0 Å². The molecule has 0 fully saturated rings. The quantitative estimate of drug-likeness (QED) is 0.181. The summed E-state index contributed by atoms with van der Waals surface area (Å²) in [6.07, 6.45) is 2.30. The molecule has 0 aliphatic heterocycles. The van der Waals surface area contributed by atoms with Crippen molar-refractivity contribution >= 4 is 43.9 Å². The number of carbonyl (C=O) groups is 4. The minimum atomic E-state index is -4.19. The van der Waals surface area contributed by atoms with Gasteiger partial charge in [-0.2, -0.15) is 0 Å². The number of amides is 6. The van der Waals surface area contributed by atoms with E-state index in [2.05, 4.69) is 10.6 Å². The van der Waals surface area contributed by atoms with Crippen molar-refractivity contribution in [3.8, 4) is 0 Å². The van der Waals surface area contributed by atoms with Crippen LogP contribution in [0.15, 0.2) is 58.3 Å². The van der Waals surface area contributed by atoms with Gasteiger partial charge in [0.2, 0.25) is 11.8 Å². The Bertz CT molecular complexity index is 1300. The fourth-order valence-electron chi connectivity index (χ4n) is 3.07. The van der Waals surface area contributed by atoms with Gasteiger partial charge in [-0.25, -0.2) is 35.9 Å². The Morgan fingerprint density at radius 1 is 0.605 bits per heavy atom. The molecule has 0 atom stereocenters. The number of sulfonamides is 2. The summed E-state index contributed by atoms with van der Waals surface area (Å²) >= 11 is 0. The zero-order valence-corrected chi connectivity index (χ0v) is 21.7.